The van der Waals surface area contributed by atoms with Crippen molar-refractivity contribution in [1.82, 2.24) is 0 Å². The molecule has 0 amide bonds. The van der Waals surface area contributed by atoms with E-state index in [-0.39, 0.29) is 5.92 Å². The minimum absolute atomic E-state index is 0.206. The maximum Gasteiger partial charge on any atom is 0.161 e. The van der Waals surface area contributed by atoms with Gasteiger partial charge in [0.05, 0.1) is 4.99 Å². The molecule has 0 fully saturated rings. The maximum absolute atomic E-state index is 5.60. The van der Waals surface area contributed by atoms with Crippen LogP contribution >= 0.6 is 12.2 Å². The molecule has 4 heteroatoms. The molecule has 0 saturated heterocycles. The Labute approximate surface area is 101 Å². The summed E-state index contributed by atoms with van der Waals surface area (Å²) in [6, 6.07) is 5.97. The Morgan fingerprint density at radius 3 is 2.75 bits per heavy atom. The van der Waals surface area contributed by atoms with Crippen LogP contribution in [0.15, 0.2) is 18.2 Å². The van der Waals surface area contributed by atoms with Gasteiger partial charge in [-0.3, -0.25) is 0 Å². The number of hydrogen-bond acceptors (Lipinski definition) is 3. The summed E-state index contributed by atoms with van der Waals surface area (Å²) in [6.45, 7) is 3.26. The van der Waals surface area contributed by atoms with E-state index in [1.54, 1.807) is 0 Å². The van der Waals surface area contributed by atoms with E-state index >= 15 is 0 Å². The van der Waals surface area contributed by atoms with Crippen LogP contribution in [-0.4, -0.2) is 18.2 Å². The van der Waals surface area contributed by atoms with Crippen molar-refractivity contribution in [3.8, 4) is 11.5 Å². The lowest BCUT2D eigenvalue weighted by Crippen LogP contribution is -2.20. The van der Waals surface area contributed by atoms with Crippen LogP contribution in [0.25, 0.3) is 0 Å². The van der Waals surface area contributed by atoms with Gasteiger partial charge in [-0.2, -0.15) is 0 Å². The number of hydrogen-bond donors (Lipinski definition) is 1. The maximum atomic E-state index is 5.60. The van der Waals surface area contributed by atoms with Crippen LogP contribution in [0.2, 0.25) is 0 Å². The van der Waals surface area contributed by atoms with Crippen LogP contribution in [-0.2, 0) is 6.42 Å². The summed E-state index contributed by atoms with van der Waals surface area (Å²) in [7, 11) is 0. The third-order valence-electron chi connectivity index (χ3n) is 2.63. The largest absolute Gasteiger partial charge is 0.486 e. The van der Waals surface area contributed by atoms with Gasteiger partial charge in [0.2, 0.25) is 0 Å². The second kappa shape index (κ2) is 4.70. The Balaban J connectivity index is 2.14. The molecule has 1 unspecified atom stereocenters. The Morgan fingerprint density at radius 1 is 1.38 bits per heavy atom. The summed E-state index contributed by atoms with van der Waals surface area (Å²) in [5.74, 6) is 1.84. The molecule has 0 saturated carbocycles. The first-order valence-corrected chi connectivity index (χ1v) is 5.75. The number of ether oxygens (including phenoxy) is 2. The van der Waals surface area contributed by atoms with Crippen LogP contribution < -0.4 is 15.2 Å². The summed E-state index contributed by atoms with van der Waals surface area (Å²) in [4.78, 5) is 0.551. The molecule has 1 heterocycles. The van der Waals surface area contributed by atoms with Gasteiger partial charge in [-0.05, 0) is 24.1 Å². The fourth-order valence-corrected chi connectivity index (χ4v) is 1.75. The van der Waals surface area contributed by atoms with Gasteiger partial charge in [0.25, 0.3) is 0 Å². The third-order valence-corrected chi connectivity index (χ3v) is 3.04. The van der Waals surface area contributed by atoms with Crippen molar-refractivity contribution < 1.29 is 9.47 Å². The Morgan fingerprint density at radius 2 is 2.06 bits per heavy atom. The van der Waals surface area contributed by atoms with Crippen molar-refractivity contribution in [3.63, 3.8) is 0 Å². The molecular weight excluding hydrogens is 222 g/mol. The molecule has 86 valence electrons. The summed E-state index contributed by atoms with van der Waals surface area (Å²) in [6.07, 6.45) is 0.839. The summed E-state index contributed by atoms with van der Waals surface area (Å²) in [5, 5.41) is 0. The minimum Gasteiger partial charge on any atom is -0.486 e. The first-order valence-electron chi connectivity index (χ1n) is 5.34. The zero-order chi connectivity index (χ0) is 11.5. The highest BCUT2D eigenvalue weighted by atomic mass is 32.1. The topological polar surface area (TPSA) is 44.5 Å². The standard InChI is InChI=1S/C12H15NO2S/c1-8(12(13)16)6-9-2-3-10-11(7-9)15-5-4-14-10/h2-3,7-8H,4-6H2,1H3,(H2,13,16). The highest BCUT2D eigenvalue weighted by molar-refractivity contribution is 7.80. The Kier molecular flexibility index (Phi) is 3.29. The molecule has 1 aliphatic heterocycles. The molecule has 1 aliphatic rings. The van der Waals surface area contributed by atoms with Gasteiger partial charge in [0.15, 0.2) is 11.5 Å². The molecule has 3 nitrogen and oxygen atoms in total. The van der Waals surface area contributed by atoms with Crippen molar-refractivity contribution in [3.05, 3.63) is 23.8 Å². The monoisotopic (exact) mass is 237 g/mol. The van der Waals surface area contributed by atoms with E-state index in [0.29, 0.717) is 18.2 Å². The normalized spacial score (nSPS) is 15.6. The smallest absolute Gasteiger partial charge is 0.161 e. The molecule has 0 bridgehead atoms. The van der Waals surface area contributed by atoms with Crippen molar-refractivity contribution in [2.24, 2.45) is 11.7 Å². The number of rotatable bonds is 3. The van der Waals surface area contributed by atoms with Crippen LogP contribution in [0, 0.1) is 5.92 Å². The highest BCUT2D eigenvalue weighted by Crippen LogP contribution is 2.31. The van der Waals surface area contributed by atoms with Gasteiger partial charge in [-0.1, -0.05) is 25.2 Å². The fraction of sp³-hybridized carbons (Fsp3) is 0.417. The van der Waals surface area contributed by atoms with Crippen molar-refractivity contribution in [1.29, 1.82) is 0 Å². The first-order chi connectivity index (χ1) is 7.66. The lowest BCUT2D eigenvalue weighted by atomic mass is 10.0. The molecule has 0 spiro atoms. The Bertz CT molecular complexity index is 406. The van der Waals surface area contributed by atoms with Crippen molar-refractivity contribution in [2.75, 3.05) is 13.2 Å². The summed E-state index contributed by atoms with van der Waals surface area (Å²) < 4.78 is 11.0. The number of benzene rings is 1. The SMILES string of the molecule is CC(Cc1ccc2c(c1)OCCO2)C(N)=S. The molecule has 16 heavy (non-hydrogen) atoms. The van der Waals surface area contributed by atoms with Gasteiger partial charge in [-0.25, -0.2) is 0 Å². The molecule has 0 aliphatic carbocycles. The van der Waals surface area contributed by atoms with E-state index in [1.807, 2.05) is 25.1 Å². The van der Waals surface area contributed by atoms with E-state index in [2.05, 4.69) is 0 Å². The summed E-state index contributed by atoms with van der Waals surface area (Å²) in [5.41, 5.74) is 6.77. The van der Waals surface area contributed by atoms with Crippen molar-refractivity contribution >= 4 is 17.2 Å². The predicted molar refractivity (Wildman–Crippen MR) is 67.1 cm³/mol. The zero-order valence-corrected chi connectivity index (χ0v) is 10.0. The van der Waals surface area contributed by atoms with Gasteiger partial charge in [0.1, 0.15) is 13.2 Å². The number of fused-ring (bicyclic) bond motifs is 1. The van der Waals surface area contributed by atoms with Gasteiger partial charge in [-0.15, -0.1) is 0 Å². The van der Waals surface area contributed by atoms with Crippen LogP contribution in [0.4, 0.5) is 0 Å². The molecule has 0 radical (unpaired) electrons. The minimum atomic E-state index is 0.206. The van der Waals surface area contributed by atoms with Crippen LogP contribution in [0.1, 0.15) is 12.5 Å². The van der Waals surface area contributed by atoms with E-state index < -0.39 is 0 Å². The van der Waals surface area contributed by atoms with Crippen LogP contribution in [0.3, 0.4) is 0 Å². The van der Waals surface area contributed by atoms with Crippen LogP contribution in [0.5, 0.6) is 11.5 Å². The van der Waals surface area contributed by atoms with E-state index in [4.69, 9.17) is 27.4 Å². The quantitative estimate of drug-likeness (QED) is 0.816. The van der Waals surface area contributed by atoms with E-state index in [0.717, 1.165) is 17.9 Å². The average molecular weight is 237 g/mol. The highest BCUT2D eigenvalue weighted by Gasteiger charge is 2.13. The lowest BCUT2D eigenvalue weighted by Gasteiger charge is -2.19. The summed E-state index contributed by atoms with van der Waals surface area (Å²) >= 11 is 4.96. The van der Waals surface area contributed by atoms with Gasteiger partial charge >= 0.3 is 0 Å². The molecule has 2 N–H and O–H groups in total. The number of thiocarbonyl (C=S) groups is 1. The molecule has 1 aromatic rings. The van der Waals surface area contributed by atoms with E-state index in [1.165, 1.54) is 5.56 Å². The lowest BCUT2D eigenvalue weighted by molar-refractivity contribution is 0.171. The van der Waals surface area contributed by atoms with Crippen molar-refractivity contribution in [2.45, 2.75) is 13.3 Å². The third kappa shape index (κ3) is 2.44. The predicted octanol–water partition coefficient (Wildman–Crippen LogP) is 1.92. The van der Waals surface area contributed by atoms with E-state index in [9.17, 15) is 0 Å². The molecule has 2 rings (SSSR count). The average Bonchev–Trinajstić information content (AvgIpc) is 2.28. The molecule has 1 aromatic carbocycles. The first kappa shape index (κ1) is 11.2. The fourth-order valence-electron chi connectivity index (χ4n) is 1.67. The number of nitrogens with two attached hydrogens (primary N) is 1. The molecule has 0 aromatic heterocycles. The second-order valence-electron chi connectivity index (χ2n) is 3.99. The molecule has 1 atom stereocenters. The van der Waals surface area contributed by atoms with Gasteiger partial charge in [0, 0.05) is 5.92 Å². The molecular formula is C12H15NO2S. The zero-order valence-electron chi connectivity index (χ0n) is 9.23. The van der Waals surface area contributed by atoms with Gasteiger partial charge < -0.3 is 15.2 Å². The Hall–Kier alpha value is -1.29. The second-order valence-corrected chi connectivity index (χ2v) is 4.46.